The minimum atomic E-state index is 0.423. The fourth-order valence-corrected chi connectivity index (χ4v) is 2.17. The Balaban J connectivity index is 2.80. The average molecular weight is 224 g/mol. The van der Waals surface area contributed by atoms with E-state index in [9.17, 15) is 0 Å². The molecular weight excluding hydrogens is 200 g/mol. The fraction of sp³-hybridized carbons (Fsp3) is 0.750. The van der Waals surface area contributed by atoms with Gasteiger partial charge in [0, 0.05) is 13.1 Å². The average Bonchev–Trinajstić information content (AvgIpc) is 2.47. The molecule has 0 aliphatic heterocycles. The van der Waals surface area contributed by atoms with Crippen LogP contribution in [0.25, 0.3) is 0 Å². The predicted octanol–water partition coefficient (Wildman–Crippen LogP) is 2.55. The third kappa shape index (κ3) is 2.49. The Morgan fingerprint density at radius 2 is 1.94 bits per heavy atom. The lowest BCUT2D eigenvalue weighted by Gasteiger charge is -2.23. The molecule has 0 aliphatic rings. The van der Waals surface area contributed by atoms with Gasteiger partial charge in [0.1, 0.15) is 5.82 Å². The number of anilines is 2. The van der Waals surface area contributed by atoms with Crippen LogP contribution in [0.2, 0.25) is 0 Å². The molecule has 4 heteroatoms. The van der Waals surface area contributed by atoms with E-state index in [0.29, 0.717) is 12.0 Å². The Morgan fingerprint density at radius 1 is 1.38 bits per heavy atom. The second-order valence-electron chi connectivity index (χ2n) is 4.48. The van der Waals surface area contributed by atoms with E-state index >= 15 is 0 Å². The lowest BCUT2D eigenvalue weighted by atomic mass is 9.95. The molecule has 1 atom stereocenters. The standard InChI is InChI=1S/C12H24N4/c1-6-10(7-2)8(3)14-12-11(13)9(4)15-16(12)5/h8,10,14H,6-7,13H2,1-5H3. The summed E-state index contributed by atoms with van der Waals surface area (Å²) in [7, 11) is 1.92. The maximum atomic E-state index is 5.99. The largest absolute Gasteiger partial charge is 0.394 e. The maximum Gasteiger partial charge on any atom is 0.147 e. The smallest absolute Gasteiger partial charge is 0.147 e. The van der Waals surface area contributed by atoms with Gasteiger partial charge in [-0.3, -0.25) is 4.68 Å². The number of nitrogen functional groups attached to an aromatic ring is 1. The van der Waals surface area contributed by atoms with E-state index in [1.807, 2.05) is 18.7 Å². The van der Waals surface area contributed by atoms with Crippen LogP contribution >= 0.6 is 0 Å². The van der Waals surface area contributed by atoms with Gasteiger partial charge in [0.15, 0.2) is 0 Å². The summed E-state index contributed by atoms with van der Waals surface area (Å²) in [5.41, 5.74) is 7.64. The Labute approximate surface area is 98.2 Å². The summed E-state index contributed by atoms with van der Waals surface area (Å²) >= 11 is 0. The van der Waals surface area contributed by atoms with Gasteiger partial charge < -0.3 is 11.1 Å². The van der Waals surface area contributed by atoms with Crippen molar-refractivity contribution in [3.05, 3.63) is 5.69 Å². The summed E-state index contributed by atoms with van der Waals surface area (Å²) in [6, 6.07) is 0.423. The van der Waals surface area contributed by atoms with Crippen LogP contribution < -0.4 is 11.1 Å². The van der Waals surface area contributed by atoms with Crippen molar-refractivity contribution in [2.75, 3.05) is 11.1 Å². The minimum Gasteiger partial charge on any atom is -0.394 e. The summed E-state index contributed by atoms with van der Waals surface area (Å²) in [4.78, 5) is 0. The van der Waals surface area contributed by atoms with Crippen molar-refractivity contribution in [1.29, 1.82) is 0 Å². The second kappa shape index (κ2) is 5.23. The number of nitrogens with one attached hydrogen (secondary N) is 1. The highest BCUT2D eigenvalue weighted by atomic mass is 15.3. The molecule has 0 saturated carbocycles. The highest BCUT2D eigenvalue weighted by Crippen LogP contribution is 2.24. The summed E-state index contributed by atoms with van der Waals surface area (Å²) in [5.74, 6) is 1.62. The molecule has 0 aliphatic carbocycles. The van der Waals surface area contributed by atoms with E-state index in [1.54, 1.807) is 0 Å². The van der Waals surface area contributed by atoms with E-state index in [2.05, 4.69) is 31.2 Å². The molecule has 0 aromatic carbocycles. The molecule has 1 unspecified atom stereocenters. The number of hydrogen-bond acceptors (Lipinski definition) is 3. The lowest BCUT2D eigenvalue weighted by molar-refractivity contribution is 0.435. The van der Waals surface area contributed by atoms with Gasteiger partial charge in [-0.25, -0.2) is 0 Å². The van der Waals surface area contributed by atoms with Gasteiger partial charge in [-0.2, -0.15) is 5.10 Å². The van der Waals surface area contributed by atoms with Gasteiger partial charge in [0.25, 0.3) is 0 Å². The Morgan fingerprint density at radius 3 is 2.31 bits per heavy atom. The number of rotatable bonds is 5. The Hall–Kier alpha value is -1.19. The first-order chi connectivity index (χ1) is 7.51. The number of aromatic nitrogens is 2. The molecule has 0 spiro atoms. The van der Waals surface area contributed by atoms with Gasteiger partial charge in [-0.15, -0.1) is 0 Å². The van der Waals surface area contributed by atoms with Crippen molar-refractivity contribution in [2.45, 2.75) is 46.6 Å². The van der Waals surface area contributed by atoms with Crippen LogP contribution in [0.4, 0.5) is 11.5 Å². The molecule has 1 rings (SSSR count). The lowest BCUT2D eigenvalue weighted by Crippen LogP contribution is -2.26. The first kappa shape index (κ1) is 12.9. The summed E-state index contributed by atoms with van der Waals surface area (Å²) in [6.45, 7) is 8.59. The monoisotopic (exact) mass is 224 g/mol. The van der Waals surface area contributed by atoms with E-state index < -0.39 is 0 Å². The van der Waals surface area contributed by atoms with Crippen molar-refractivity contribution < 1.29 is 0 Å². The van der Waals surface area contributed by atoms with Gasteiger partial charge in [-0.05, 0) is 19.8 Å². The molecule has 4 nitrogen and oxygen atoms in total. The normalized spacial score (nSPS) is 13.1. The van der Waals surface area contributed by atoms with Crippen LogP contribution in [0.5, 0.6) is 0 Å². The number of nitrogens with two attached hydrogens (primary N) is 1. The van der Waals surface area contributed by atoms with Crippen LogP contribution in [-0.4, -0.2) is 15.8 Å². The minimum absolute atomic E-state index is 0.423. The van der Waals surface area contributed by atoms with E-state index in [0.717, 1.165) is 17.2 Å². The first-order valence-corrected chi connectivity index (χ1v) is 6.06. The summed E-state index contributed by atoms with van der Waals surface area (Å²) in [5, 5.41) is 7.78. The topological polar surface area (TPSA) is 55.9 Å². The molecular formula is C12H24N4. The molecule has 0 saturated heterocycles. The zero-order valence-corrected chi connectivity index (χ0v) is 11.0. The zero-order chi connectivity index (χ0) is 12.3. The van der Waals surface area contributed by atoms with Crippen molar-refractivity contribution in [3.63, 3.8) is 0 Å². The zero-order valence-electron chi connectivity index (χ0n) is 11.0. The molecule has 0 bridgehead atoms. The van der Waals surface area contributed by atoms with E-state index in [-0.39, 0.29) is 0 Å². The van der Waals surface area contributed by atoms with Crippen LogP contribution in [0.3, 0.4) is 0 Å². The third-order valence-electron chi connectivity index (χ3n) is 3.39. The predicted molar refractivity (Wildman–Crippen MR) is 69.5 cm³/mol. The summed E-state index contributed by atoms with van der Waals surface area (Å²) < 4.78 is 1.82. The third-order valence-corrected chi connectivity index (χ3v) is 3.39. The SMILES string of the molecule is CCC(CC)C(C)Nc1c(N)c(C)nn1C. The van der Waals surface area contributed by atoms with Crippen molar-refractivity contribution in [3.8, 4) is 0 Å². The molecule has 92 valence electrons. The molecule has 0 radical (unpaired) electrons. The van der Waals surface area contributed by atoms with Crippen LogP contribution in [0.1, 0.15) is 39.3 Å². The van der Waals surface area contributed by atoms with E-state index in [1.165, 1.54) is 12.8 Å². The molecule has 1 aromatic heterocycles. The number of aryl methyl sites for hydroxylation is 2. The van der Waals surface area contributed by atoms with Crippen LogP contribution in [0.15, 0.2) is 0 Å². The van der Waals surface area contributed by atoms with Crippen molar-refractivity contribution in [1.82, 2.24) is 9.78 Å². The Bertz CT molecular complexity index is 339. The second-order valence-corrected chi connectivity index (χ2v) is 4.48. The molecule has 1 aromatic rings. The Kier molecular flexibility index (Phi) is 4.21. The van der Waals surface area contributed by atoms with Gasteiger partial charge in [0.05, 0.1) is 11.4 Å². The summed E-state index contributed by atoms with van der Waals surface area (Å²) in [6.07, 6.45) is 2.36. The quantitative estimate of drug-likeness (QED) is 0.808. The molecule has 16 heavy (non-hydrogen) atoms. The van der Waals surface area contributed by atoms with Gasteiger partial charge in [0.2, 0.25) is 0 Å². The fourth-order valence-electron chi connectivity index (χ4n) is 2.17. The highest BCUT2D eigenvalue weighted by molar-refractivity contribution is 5.64. The van der Waals surface area contributed by atoms with Crippen LogP contribution in [-0.2, 0) is 7.05 Å². The molecule has 3 N–H and O–H groups in total. The number of hydrogen-bond donors (Lipinski definition) is 2. The highest BCUT2D eigenvalue weighted by Gasteiger charge is 2.17. The van der Waals surface area contributed by atoms with Gasteiger partial charge >= 0.3 is 0 Å². The van der Waals surface area contributed by atoms with E-state index in [4.69, 9.17) is 5.73 Å². The first-order valence-electron chi connectivity index (χ1n) is 6.06. The van der Waals surface area contributed by atoms with Gasteiger partial charge in [-0.1, -0.05) is 26.7 Å². The van der Waals surface area contributed by atoms with Crippen molar-refractivity contribution in [2.24, 2.45) is 13.0 Å². The van der Waals surface area contributed by atoms with Crippen LogP contribution in [0, 0.1) is 12.8 Å². The molecule has 1 heterocycles. The van der Waals surface area contributed by atoms with Crippen molar-refractivity contribution >= 4 is 11.5 Å². The molecule has 0 amide bonds. The maximum absolute atomic E-state index is 5.99. The number of nitrogens with zero attached hydrogens (tertiary/aromatic N) is 2. The molecule has 0 fully saturated rings.